The van der Waals surface area contributed by atoms with Crippen molar-refractivity contribution in [3.05, 3.63) is 0 Å². The Hall–Kier alpha value is -0.370. The monoisotopic (exact) mass is 308 g/mol. The quantitative estimate of drug-likeness (QED) is 0.777. The van der Waals surface area contributed by atoms with Crippen molar-refractivity contribution in [1.29, 1.82) is 0 Å². The molecule has 0 aliphatic heterocycles. The van der Waals surface area contributed by atoms with Crippen LogP contribution < -0.4 is 0 Å². The first kappa shape index (κ1) is 18.0. The molecule has 1 N–H and O–H groups in total. The lowest BCUT2D eigenvalue weighted by Crippen LogP contribution is -2.42. The van der Waals surface area contributed by atoms with E-state index in [0.717, 1.165) is 32.1 Å². The molecule has 2 unspecified atom stereocenters. The lowest BCUT2D eigenvalue weighted by molar-refractivity contribution is -0.130. The smallest absolute Gasteiger partial charge is 0.136 e. The van der Waals surface area contributed by atoms with Crippen LogP contribution in [0.2, 0.25) is 0 Å². The van der Waals surface area contributed by atoms with E-state index >= 15 is 0 Å². The average molecular weight is 309 g/mol. The molecule has 0 spiro atoms. The number of fused-ring (bicyclic) bond motifs is 1. The Morgan fingerprint density at radius 2 is 1.86 bits per heavy atom. The molecule has 0 aromatic rings. The van der Waals surface area contributed by atoms with E-state index in [-0.39, 0.29) is 10.8 Å². The zero-order valence-electron chi connectivity index (χ0n) is 15.5. The van der Waals surface area contributed by atoms with Crippen molar-refractivity contribution in [2.24, 2.45) is 28.6 Å². The SMILES string of the molecule is C[C@H](C1CCC2C(=O)CCC[C@@]21C)C(C)(C)CCC(C)(C)O. The second kappa shape index (κ2) is 5.92. The number of rotatable bonds is 5. The molecule has 128 valence electrons. The number of carbonyl (C=O) groups is 1. The molecule has 2 heteroatoms. The van der Waals surface area contributed by atoms with Crippen LogP contribution in [0.3, 0.4) is 0 Å². The Bertz CT molecular complexity index is 418. The van der Waals surface area contributed by atoms with Crippen molar-refractivity contribution in [2.45, 2.75) is 92.1 Å². The predicted molar refractivity (Wildman–Crippen MR) is 91.7 cm³/mol. The first-order valence-corrected chi connectivity index (χ1v) is 9.22. The van der Waals surface area contributed by atoms with Gasteiger partial charge in [0.1, 0.15) is 5.78 Å². The van der Waals surface area contributed by atoms with Crippen LogP contribution >= 0.6 is 0 Å². The van der Waals surface area contributed by atoms with E-state index in [2.05, 4.69) is 27.7 Å². The number of carbonyl (C=O) groups excluding carboxylic acids is 1. The third-order valence-electron chi connectivity index (χ3n) is 7.15. The van der Waals surface area contributed by atoms with Crippen molar-refractivity contribution >= 4 is 5.78 Å². The normalized spacial score (nSPS) is 34.6. The molecule has 0 heterocycles. The van der Waals surface area contributed by atoms with Gasteiger partial charge in [0.15, 0.2) is 0 Å². The van der Waals surface area contributed by atoms with Gasteiger partial charge >= 0.3 is 0 Å². The Kier molecular flexibility index (Phi) is 4.84. The molecule has 22 heavy (non-hydrogen) atoms. The molecule has 4 atom stereocenters. The Labute approximate surface area is 137 Å². The molecule has 2 aliphatic rings. The Morgan fingerprint density at radius 1 is 1.23 bits per heavy atom. The largest absolute Gasteiger partial charge is 0.390 e. The molecule has 0 radical (unpaired) electrons. The zero-order valence-corrected chi connectivity index (χ0v) is 15.5. The van der Waals surface area contributed by atoms with Crippen LogP contribution in [0.25, 0.3) is 0 Å². The van der Waals surface area contributed by atoms with E-state index in [1.165, 1.54) is 12.8 Å². The molecular formula is C20H36O2. The molecule has 0 bridgehead atoms. The highest BCUT2D eigenvalue weighted by Gasteiger charge is 2.54. The fourth-order valence-electron chi connectivity index (χ4n) is 5.19. The van der Waals surface area contributed by atoms with Crippen LogP contribution in [-0.2, 0) is 4.79 Å². The van der Waals surface area contributed by atoms with E-state index in [9.17, 15) is 9.90 Å². The summed E-state index contributed by atoms with van der Waals surface area (Å²) in [6, 6.07) is 0. The summed E-state index contributed by atoms with van der Waals surface area (Å²) in [5.41, 5.74) is -0.149. The van der Waals surface area contributed by atoms with Gasteiger partial charge in [0.05, 0.1) is 5.60 Å². The zero-order chi connectivity index (χ0) is 16.8. The average Bonchev–Trinajstić information content (AvgIpc) is 2.73. The molecule has 0 aromatic carbocycles. The van der Waals surface area contributed by atoms with Crippen molar-refractivity contribution < 1.29 is 9.90 Å². The van der Waals surface area contributed by atoms with E-state index in [0.29, 0.717) is 23.5 Å². The minimum atomic E-state index is -0.583. The van der Waals surface area contributed by atoms with Crippen LogP contribution in [0, 0.1) is 28.6 Å². The number of ketones is 1. The van der Waals surface area contributed by atoms with Gasteiger partial charge in [-0.05, 0) is 75.0 Å². The summed E-state index contributed by atoms with van der Waals surface area (Å²) in [4.78, 5) is 12.3. The topological polar surface area (TPSA) is 37.3 Å². The van der Waals surface area contributed by atoms with Crippen LogP contribution in [0.15, 0.2) is 0 Å². The highest BCUT2D eigenvalue weighted by Crippen LogP contribution is 2.59. The molecule has 2 fully saturated rings. The van der Waals surface area contributed by atoms with Crippen LogP contribution in [0.1, 0.15) is 86.5 Å². The Morgan fingerprint density at radius 3 is 2.45 bits per heavy atom. The molecule has 2 nitrogen and oxygen atoms in total. The maximum atomic E-state index is 12.3. The molecule has 2 aliphatic carbocycles. The first-order valence-electron chi connectivity index (χ1n) is 9.22. The maximum absolute atomic E-state index is 12.3. The molecule has 2 rings (SSSR count). The number of Topliss-reactive ketones (excluding diaryl/α,β-unsaturated/α-hetero) is 1. The van der Waals surface area contributed by atoms with Gasteiger partial charge < -0.3 is 5.11 Å². The first-order chi connectivity index (χ1) is 9.97. The molecule has 0 aromatic heterocycles. The summed E-state index contributed by atoms with van der Waals surface area (Å²) in [5.74, 6) is 2.09. The third-order valence-corrected chi connectivity index (χ3v) is 7.15. The highest BCUT2D eigenvalue weighted by molar-refractivity contribution is 5.83. The maximum Gasteiger partial charge on any atom is 0.136 e. The lowest BCUT2D eigenvalue weighted by atomic mass is 9.57. The summed E-state index contributed by atoms with van der Waals surface area (Å²) in [7, 11) is 0. The predicted octanol–water partition coefficient (Wildman–Crippen LogP) is 4.99. The molecule has 0 amide bonds. The van der Waals surface area contributed by atoms with Gasteiger partial charge in [0, 0.05) is 12.3 Å². The Balaban J connectivity index is 2.11. The van der Waals surface area contributed by atoms with E-state index in [4.69, 9.17) is 0 Å². The summed E-state index contributed by atoms with van der Waals surface area (Å²) < 4.78 is 0. The molecule has 2 saturated carbocycles. The second-order valence-electron chi connectivity index (χ2n) is 9.65. The van der Waals surface area contributed by atoms with Crippen LogP contribution in [0.4, 0.5) is 0 Å². The highest BCUT2D eigenvalue weighted by atomic mass is 16.3. The summed E-state index contributed by atoms with van der Waals surface area (Å²) in [5, 5.41) is 10.1. The van der Waals surface area contributed by atoms with Gasteiger partial charge in [0.2, 0.25) is 0 Å². The lowest BCUT2D eigenvalue weighted by Gasteiger charge is -2.47. The van der Waals surface area contributed by atoms with Gasteiger partial charge in [-0.1, -0.05) is 27.7 Å². The third kappa shape index (κ3) is 3.42. The standard InChI is InChI=1S/C20H36O2/c1-14(18(2,3)12-13-19(4,5)22)15-9-10-16-17(21)8-7-11-20(15,16)6/h14-16,22H,7-13H2,1-6H3/t14-,15?,16?,20-/m1/s1. The summed E-state index contributed by atoms with van der Waals surface area (Å²) in [6.07, 6.45) is 7.31. The van der Waals surface area contributed by atoms with Crippen LogP contribution in [-0.4, -0.2) is 16.5 Å². The van der Waals surface area contributed by atoms with Gasteiger partial charge in [0.25, 0.3) is 0 Å². The van der Waals surface area contributed by atoms with E-state index in [1.54, 1.807) is 0 Å². The van der Waals surface area contributed by atoms with Gasteiger partial charge in [-0.3, -0.25) is 4.79 Å². The second-order valence-corrected chi connectivity index (χ2v) is 9.65. The van der Waals surface area contributed by atoms with E-state index < -0.39 is 5.60 Å². The van der Waals surface area contributed by atoms with Crippen molar-refractivity contribution in [2.75, 3.05) is 0 Å². The van der Waals surface area contributed by atoms with Crippen molar-refractivity contribution in [1.82, 2.24) is 0 Å². The van der Waals surface area contributed by atoms with E-state index in [1.807, 2.05) is 13.8 Å². The van der Waals surface area contributed by atoms with Crippen LogP contribution in [0.5, 0.6) is 0 Å². The number of hydrogen-bond acceptors (Lipinski definition) is 2. The van der Waals surface area contributed by atoms with Crippen molar-refractivity contribution in [3.63, 3.8) is 0 Å². The fourth-order valence-corrected chi connectivity index (χ4v) is 5.19. The minimum absolute atomic E-state index is 0.211. The van der Waals surface area contributed by atoms with Gasteiger partial charge in [-0.25, -0.2) is 0 Å². The molecule has 0 saturated heterocycles. The van der Waals surface area contributed by atoms with Gasteiger partial charge in [-0.2, -0.15) is 0 Å². The van der Waals surface area contributed by atoms with Crippen molar-refractivity contribution in [3.8, 4) is 0 Å². The summed E-state index contributed by atoms with van der Waals surface area (Å²) >= 11 is 0. The van der Waals surface area contributed by atoms with Gasteiger partial charge in [-0.15, -0.1) is 0 Å². The molecular weight excluding hydrogens is 272 g/mol. The minimum Gasteiger partial charge on any atom is -0.390 e. The summed E-state index contributed by atoms with van der Waals surface area (Å²) in [6.45, 7) is 13.3. The number of hydrogen-bond donors (Lipinski definition) is 1. The fraction of sp³-hybridized carbons (Fsp3) is 0.950. The number of aliphatic hydroxyl groups is 1.